The van der Waals surface area contributed by atoms with E-state index in [9.17, 15) is 13.2 Å². The number of benzene rings is 1. The number of hydrogen-bond acceptors (Lipinski definition) is 5. The van der Waals surface area contributed by atoms with Gasteiger partial charge in [-0.3, -0.25) is 9.10 Å². The first-order valence-corrected chi connectivity index (χ1v) is 10.7. The van der Waals surface area contributed by atoms with Crippen LogP contribution in [-0.2, 0) is 14.8 Å². The molecule has 1 aromatic carbocycles. The Morgan fingerprint density at radius 1 is 1.31 bits per heavy atom. The molecule has 1 amide bonds. The number of amides is 1. The number of rotatable bonds is 7. The van der Waals surface area contributed by atoms with Crippen molar-refractivity contribution in [2.75, 3.05) is 37.7 Å². The normalized spacial score (nSPS) is 17.5. The van der Waals surface area contributed by atoms with E-state index in [1.165, 1.54) is 11.4 Å². The Bertz CT molecular complexity index is 698. The highest BCUT2D eigenvalue weighted by molar-refractivity contribution is 7.92. The zero-order valence-electron chi connectivity index (χ0n) is 15.9. The fourth-order valence-electron chi connectivity index (χ4n) is 2.86. The summed E-state index contributed by atoms with van der Waals surface area (Å²) >= 11 is 0. The van der Waals surface area contributed by atoms with Crippen LogP contribution in [0, 0.1) is 0 Å². The second-order valence-corrected chi connectivity index (χ2v) is 8.84. The third-order valence-electron chi connectivity index (χ3n) is 4.70. The van der Waals surface area contributed by atoms with Crippen molar-refractivity contribution in [3.63, 3.8) is 0 Å². The van der Waals surface area contributed by atoms with Crippen molar-refractivity contribution in [2.45, 2.75) is 38.3 Å². The Hall–Kier alpha value is -1.80. The van der Waals surface area contributed by atoms with Crippen LogP contribution in [0.15, 0.2) is 24.3 Å². The summed E-state index contributed by atoms with van der Waals surface area (Å²) in [5, 5.41) is 3.08. The second-order valence-electron chi connectivity index (χ2n) is 6.83. The quantitative estimate of drug-likeness (QED) is 0.771. The lowest BCUT2D eigenvalue weighted by atomic mass is 10.1. The van der Waals surface area contributed by atoms with Crippen molar-refractivity contribution in [3.8, 4) is 5.75 Å². The Morgan fingerprint density at radius 2 is 1.88 bits per heavy atom. The summed E-state index contributed by atoms with van der Waals surface area (Å²) in [6.45, 7) is 3.88. The predicted molar refractivity (Wildman–Crippen MR) is 103 cm³/mol. The molecule has 1 aliphatic heterocycles. The molecule has 0 radical (unpaired) electrons. The molecule has 8 heteroatoms. The lowest BCUT2D eigenvalue weighted by Crippen LogP contribution is -2.47. The van der Waals surface area contributed by atoms with Gasteiger partial charge in [-0.1, -0.05) is 6.92 Å². The third-order valence-corrected chi connectivity index (χ3v) is 5.91. The van der Waals surface area contributed by atoms with Gasteiger partial charge in [-0.15, -0.1) is 0 Å². The molecule has 1 fully saturated rings. The summed E-state index contributed by atoms with van der Waals surface area (Å²) in [6.07, 6.45) is 3.05. The van der Waals surface area contributed by atoms with Crippen LogP contribution >= 0.6 is 0 Å². The molecule has 7 nitrogen and oxygen atoms in total. The van der Waals surface area contributed by atoms with Gasteiger partial charge in [0.25, 0.3) is 5.91 Å². The summed E-state index contributed by atoms with van der Waals surface area (Å²) in [6, 6.07) is 6.89. The molecular weight excluding hydrogens is 354 g/mol. The smallest absolute Gasteiger partial charge is 0.261 e. The predicted octanol–water partition coefficient (Wildman–Crippen LogP) is 1.45. The van der Waals surface area contributed by atoms with E-state index in [1.54, 1.807) is 24.3 Å². The van der Waals surface area contributed by atoms with Gasteiger partial charge < -0.3 is 15.0 Å². The molecule has 0 spiro atoms. The molecule has 1 N–H and O–H groups in total. The number of carbonyl (C=O) groups excluding carboxylic acids is 1. The van der Waals surface area contributed by atoms with Crippen molar-refractivity contribution < 1.29 is 17.9 Å². The summed E-state index contributed by atoms with van der Waals surface area (Å²) in [5.74, 6) is 0.445. The number of ether oxygens (including phenoxy) is 1. The lowest BCUT2D eigenvalue weighted by Gasteiger charge is -2.30. The largest absolute Gasteiger partial charge is 0.481 e. The molecule has 1 atom stereocenters. The van der Waals surface area contributed by atoms with E-state index in [4.69, 9.17) is 4.74 Å². The van der Waals surface area contributed by atoms with E-state index in [0.29, 0.717) is 17.9 Å². The maximum atomic E-state index is 12.5. The molecule has 0 bridgehead atoms. The monoisotopic (exact) mass is 383 g/mol. The number of anilines is 1. The topological polar surface area (TPSA) is 78.9 Å². The van der Waals surface area contributed by atoms with Crippen LogP contribution in [0.2, 0.25) is 0 Å². The highest BCUT2D eigenvalue weighted by Crippen LogP contribution is 2.21. The zero-order valence-corrected chi connectivity index (χ0v) is 16.8. The van der Waals surface area contributed by atoms with E-state index in [1.807, 2.05) is 6.92 Å². The molecule has 1 saturated heterocycles. The molecule has 1 aromatic rings. The van der Waals surface area contributed by atoms with Gasteiger partial charge in [-0.05, 0) is 63.7 Å². The zero-order chi connectivity index (χ0) is 19.3. The first-order valence-electron chi connectivity index (χ1n) is 8.90. The minimum atomic E-state index is -3.31. The van der Waals surface area contributed by atoms with Gasteiger partial charge in [-0.25, -0.2) is 8.42 Å². The first kappa shape index (κ1) is 20.5. The fraction of sp³-hybridized carbons (Fsp3) is 0.611. The maximum absolute atomic E-state index is 12.5. The number of hydrogen-bond donors (Lipinski definition) is 1. The standard InChI is InChI=1S/C18H29N3O4S/c1-5-17(18(22)19-14-10-12-20(2)13-11-14)25-16-8-6-15(7-9-16)21(3)26(4,23)24/h6-9,14,17H,5,10-13H2,1-4H3,(H,19,22). The summed E-state index contributed by atoms with van der Waals surface area (Å²) in [4.78, 5) is 14.8. The van der Waals surface area contributed by atoms with E-state index in [0.717, 1.165) is 32.2 Å². The highest BCUT2D eigenvalue weighted by atomic mass is 32.2. The maximum Gasteiger partial charge on any atom is 0.261 e. The summed E-state index contributed by atoms with van der Waals surface area (Å²) in [7, 11) is 0.274. The molecule has 26 heavy (non-hydrogen) atoms. The van der Waals surface area contributed by atoms with E-state index in [2.05, 4.69) is 17.3 Å². The SMILES string of the molecule is CCC(Oc1ccc(N(C)S(C)(=O)=O)cc1)C(=O)NC1CCN(C)CC1. The van der Waals surface area contributed by atoms with E-state index in [-0.39, 0.29) is 11.9 Å². The number of nitrogens with one attached hydrogen (secondary N) is 1. The van der Waals surface area contributed by atoms with E-state index < -0.39 is 16.1 Å². The Balaban J connectivity index is 1.95. The van der Waals surface area contributed by atoms with Gasteiger partial charge in [0.15, 0.2) is 6.10 Å². The Kier molecular flexibility index (Phi) is 6.88. The highest BCUT2D eigenvalue weighted by Gasteiger charge is 2.24. The molecule has 0 saturated carbocycles. The molecule has 1 heterocycles. The lowest BCUT2D eigenvalue weighted by molar-refractivity contribution is -0.129. The molecule has 146 valence electrons. The van der Waals surface area contributed by atoms with Crippen LogP contribution in [0.1, 0.15) is 26.2 Å². The third kappa shape index (κ3) is 5.60. The molecule has 1 aliphatic rings. The van der Waals surface area contributed by atoms with Crippen LogP contribution in [0.25, 0.3) is 0 Å². The van der Waals surface area contributed by atoms with Crippen molar-refractivity contribution in [3.05, 3.63) is 24.3 Å². The van der Waals surface area contributed by atoms with Gasteiger partial charge in [0.05, 0.1) is 11.9 Å². The number of piperidine rings is 1. The fourth-order valence-corrected chi connectivity index (χ4v) is 3.36. The summed E-state index contributed by atoms with van der Waals surface area (Å²) in [5.41, 5.74) is 0.545. The minimum absolute atomic E-state index is 0.0978. The van der Waals surface area contributed by atoms with Crippen LogP contribution < -0.4 is 14.4 Å². The number of carbonyl (C=O) groups is 1. The molecular formula is C18H29N3O4S. The average Bonchev–Trinajstić information content (AvgIpc) is 2.60. The van der Waals surface area contributed by atoms with Crippen LogP contribution in [0.3, 0.4) is 0 Å². The van der Waals surface area contributed by atoms with Gasteiger partial charge in [0, 0.05) is 13.1 Å². The molecule has 0 aromatic heterocycles. The Morgan fingerprint density at radius 3 is 2.38 bits per heavy atom. The molecule has 2 rings (SSSR count). The van der Waals surface area contributed by atoms with Crippen molar-refractivity contribution in [2.24, 2.45) is 0 Å². The molecule has 0 aliphatic carbocycles. The Labute approximate surface area is 156 Å². The van der Waals surface area contributed by atoms with Gasteiger partial charge in [-0.2, -0.15) is 0 Å². The van der Waals surface area contributed by atoms with Crippen molar-refractivity contribution >= 4 is 21.6 Å². The van der Waals surface area contributed by atoms with Gasteiger partial charge in [0.2, 0.25) is 10.0 Å². The van der Waals surface area contributed by atoms with Crippen LogP contribution in [0.5, 0.6) is 5.75 Å². The number of likely N-dealkylation sites (tertiary alicyclic amines) is 1. The van der Waals surface area contributed by atoms with Crippen LogP contribution in [-0.4, -0.2) is 64.8 Å². The van der Waals surface area contributed by atoms with Crippen molar-refractivity contribution in [1.29, 1.82) is 0 Å². The second kappa shape index (κ2) is 8.73. The summed E-state index contributed by atoms with van der Waals surface area (Å²) < 4.78 is 30.2. The van der Waals surface area contributed by atoms with Gasteiger partial charge >= 0.3 is 0 Å². The number of sulfonamides is 1. The molecule has 1 unspecified atom stereocenters. The van der Waals surface area contributed by atoms with Crippen LogP contribution in [0.4, 0.5) is 5.69 Å². The first-order chi connectivity index (χ1) is 12.2. The number of nitrogens with zero attached hydrogens (tertiary/aromatic N) is 2. The minimum Gasteiger partial charge on any atom is -0.481 e. The average molecular weight is 384 g/mol. The van der Waals surface area contributed by atoms with Gasteiger partial charge in [0.1, 0.15) is 5.75 Å². The van der Waals surface area contributed by atoms with Crippen molar-refractivity contribution in [1.82, 2.24) is 10.2 Å². The van der Waals surface area contributed by atoms with E-state index >= 15 is 0 Å².